The van der Waals surface area contributed by atoms with Gasteiger partial charge >= 0.3 is 0 Å². The van der Waals surface area contributed by atoms with Crippen LogP contribution in [0.3, 0.4) is 0 Å². The Bertz CT molecular complexity index is 1030. The molecule has 1 aliphatic heterocycles. The number of halogens is 1. The lowest BCUT2D eigenvalue weighted by Gasteiger charge is -2.27. The van der Waals surface area contributed by atoms with Crippen molar-refractivity contribution in [2.24, 2.45) is 0 Å². The molecule has 3 heterocycles. The highest BCUT2D eigenvalue weighted by atomic mass is 35.5. The van der Waals surface area contributed by atoms with E-state index in [4.69, 9.17) is 11.6 Å². The van der Waals surface area contributed by atoms with Gasteiger partial charge in [-0.05, 0) is 66.3 Å². The summed E-state index contributed by atoms with van der Waals surface area (Å²) in [4.78, 5) is 19.1. The zero-order chi connectivity index (χ0) is 22.2. The van der Waals surface area contributed by atoms with Crippen LogP contribution in [0, 0.1) is 0 Å². The Labute approximate surface area is 198 Å². The second-order valence-electron chi connectivity index (χ2n) is 8.16. The van der Waals surface area contributed by atoms with Crippen molar-refractivity contribution in [2.45, 2.75) is 25.7 Å². The molecule has 1 amide bonds. The summed E-state index contributed by atoms with van der Waals surface area (Å²) in [5.74, 6) is 0.00187. The number of carbonyl (C=O) groups excluding carboxylic acids is 1. The van der Waals surface area contributed by atoms with Gasteiger partial charge in [0.1, 0.15) is 5.15 Å². The third-order valence-corrected chi connectivity index (χ3v) is 6.73. The largest absolute Gasteiger partial charge is 0.317 e. The summed E-state index contributed by atoms with van der Waals surface area (Å²) in [5.41, 5.74) is 4.38. The number of nitrogens with one attached hydrogen (secondary N) is 2. The van der Waals surface area contributed by atoms with Gasteiger partial charge in [-0.2, -0.15) is 0 Å². The van der Waals surface area contributed by atoms with Crippen LogP contribution >= 0.6 is 22.9 Å². The van der Waals surface area contributed by atoms with E-state index in [0.29, 0.717) is 11.6 Å². The molecule has 2 N–H and O–H groups in total. The summed E-state index contributed by atoms with van der Waals surface area (Å²) in [6.45, 7) is 5.71. The number of nitrogens with zero attached hydrogens (tertiary/aromatic N) is 2. The molecule has 1 fully saturated rings. The monoisotopic (exact) mass is 468 g/mol. The fourth-order valence-electron chi connectivity index (χ4n) is 4.00. The van der Waals surface area contributed by atoms with Crippen molar-refractivity contribution in [3.8, 4) is 11.1 Å². The topological polar surface area (TPSA) is 57.3 Å². The average molecular weight is 469 g/mol. The lowest BCUT2D eigenvalue weighted by molar-refractivity contribution is -0.115. The predicted molar refractivity (Wildman–Crippen MR) is 134 cm³/mol. The van der Waals surface area contributed by atoms with Gasteiger partial charge in [0.05, 0.1) is 11.4 Å². The molecule has 0 unspecified atom stereocenters. The van der Waals surface area contributed by atoms with E-state index in [0.717, 1.165) is 54.3 Å². The first-order valence-corrected chi connectivity index (χ1v) is 12.4. The highest BCUT2D eigenvalue weighted by Crippen LogP contribution is 2.30. The second-order valence-corrected chi connectivity index (χ2v) is 9.46. The Balaban J connectivity index is 1.24. The zero-order valence-corrected chi connectivity index (χ0v) is 19.7. The second kappa shape index (κ2) is 11.6. The predicted octanol–water partition coefficient (Wildman–Crippen LogP) is 4.87. The molecule has 168 valence electrons. The van der Waals surface area contributed by atoms with E-state index in [1.807, 2.05) is 29.6 Å². The fourth-order valence-corrected chi connectivity index (χ4v) is 5.00. The quantitative estimate of drug-likeness (QED) is 0.347. The number of hydrogen-bond donors (Lipinski definition) is 2. The van der Waals surface area contributed by atoms with E-state index >= 15 is 0 Å². The van der Waals surface area contributed by atoms with Crippen LogP contribution in [-0.4, -0.2) is 48.5 Å². The van der Waals surface area contributed by atoms with E-state index in [1.165, 1.54) is 36.3 Å². The van der Waals surface area contributed by atoms with E-state index < -0.39 is 0 Å². The number of amides is 1. The standard InChI is InChI=1S/C25H29ClN4OS/c26-23-16-21(7-8-28-23)22-17-25(32-18-22)29-24(31)15-20-6-3-5-19(14-20)4-1-2-11-30-12-9-27-10-13-30/h3,5-8,14,16-18,27H,1-2,4,9-13,15H2,(H,29,31). The molecular formula is C25H29ClN4OS. The molecule has 0 radical (unpaired) electrons. The summed E-state index contributed by atoms with van der Waals surface area (Å²) in [7, 11) is 0. The Kier molecular flexibility index (Phi) is 8.29. The first-order valence-electron chi connectivity index (χ1n) is 11.2. The van der Waals surface area contributed by atoms with Crippen LogP contribution in [0.15, 0.2) is 54.0 Å². The third kappa shape index (κ3) is 6.87. The van der Waals surface area contributed by atoms with Gasteiger partial charge in [0.25, 0.3) is 0 Å². The summed E-state index contributed by atoms with van der Waals surface area (Å²) >= 11 is 7.50. The fraction of sp³-hybridized carbons (Fsp3) is 0.360. The van der Waals surface area contributed by atoms with Crippen molar-refractivity contribution in [1.82, 2.24) is 15.2 Å². The first kappa shape index (κ1) is 22.9. The minimum atomic E-state index is 0.00187. The van der Waals surface area contributed by atoms with Gasteiger partial charge in [0.2, 0.25) is 5.91 Å². The van der Waals surface area contributed by atoms with Crippen LogP contribution in [-0.2, 0) is 17.6 Å². The van der Waals surface area contributed by atoms with Gasteiger partial charge in [-0.3, -0.25) is 4.79 Å². The van der Waals surface area contributed by atoms with Crippen molar-refractivity contribution in [1.29, 1.82) is 0 Å². The van der Waals surface area contributed by atoms with Gasteiger partial charge in [0.15, 0.2) is 0 Å². The minimum absolute atomic E-state index is 0.00187. The molecule has 7 heteroatoms. The van der Waals surface area contributed by atoms with Crippen molar-refractivity contribution < 1.29 is 4.79 Å². The molecule has 1 aliphatic rings. The number of thiophene rings is 1. The van der Waals surface area contributed by atoms with Gasteiger partial charge in [-0.1, -0.05) is 35.9 Å². The third-order valence-electron chi connectivity index (χ3n) is 5.68. The van der Waals surface area contributed by atoms with Crippen LogP contribution in [0.25, 0.3) is 11.1 Å². The Morgan fingerprint density at radius 3 is 2.78 bits per heavy atom. The lowest BCUT2D eigenvalue weighted by atomic mass is 10.0. The molecule has 1 aromatic carbocycles. The lowest BCUT2D eigenvalue weighted by Crippen LogP contribution is -2.43. The van der Waals surface area contributed by atoms with Crippen LogP contribution in [0.1, 0.15) is 24.0 Å². The first-order chi connectivity index (χ1) is 15.7. The van der Waals surface area contributed by atoms with Crippen molar-refractivity contribution in [3.05, 3.63) is 70.3 Å². The van der Waals surface area contributed by atoms with Crippen molar-refractivity contribution >= 4 is 33.8 Å². The molecule has 1 saturated heterocycles. The number of unbranched alkanes of at least 4 members (excludes halogenated alkanes) is 1. The summed E-state index contributed by atoms with van der Waals surface area (Å²) in [5, 5.41) is 9.73. The molecule has 0 aliphatic carbocycles. The van der Waals surface area contributed by atoms with Gasteiger partial charge in [-0.15, -0.1) is 11.3 Å². The minimum Gasteiger partial charge on any atom is -0.317 e. The number of aryl methyl sites for hydroxylation is 1. The number of pyridine rings is 1. The SMILES string of the molecule is O=C(Cc1cccc(CCCCN2CCNCC2)c1)Nc1cc(-c2ccnc(Cl)c2)cs1. The number of anilines is 1. The average Bonchev–Trinajstić information content (AvgIpc) is 3.26. The number of piperazine rings is 1. The van der Waals surface area contributed by atoms with Crippen LogP contribution < -0.4 is 10.6 Å². The summed E-state index contributed by atoms with van der Waals surface area (Å²) in [6.07, 6.45) is 5.52. The summed E-state index contributed by atoms with van der Waals surface area (Å²) < 4.78 is 0. The van der Waals surface area contributed by atoms with Gasteiger partial charge < -0.3 is 15.5 Å². The van der Waals surface area contributed by atoms with Crippen LogP contribution in [0.2, 0.25) is 5.15 Å². The van der Waals surface area contributed by atoms with E-state index in [1.54, 1.807) is 6.20 Å². The molecule has 0 bridgehead atoms. The molecule has 2 aromatic heterocycles. The molecular weight excluding hydrogens is 440 g/mol. The molecule has 5 nitrogen and oxygen atoms in total. The number of benzene rings is 1. The maximum Gasteiger partial charge on any atom is 0.229 e. The van der Waals surface area contributed by atoms with Crippen LogP contribution in [0.5, 0.6) is 0 Å². The van der Waals surface area contributed by atoms with E-state index in [9.17, 15) is 4.79 Å². The van der Waals surface area contributed by atoms with Crippen molar-refractivity contribution in [3.63, 3.8) is 0 Å². The molecule has 0 saturated carbocycles. The Hall–Kier alpha value is -2.25. The Morgan fingerprint density at radius 2 is 1.94 bits per heavy atom. The maximum atomic E-state index is 12.6. The molecule has 0 spiro atoms. The Morgan fingerprint density at radius 1 is 1.09 bits per heavy atom. The summed E-state index contributed by atoms with van der Waals surface area (Å²) in [6, 6.07) is 14.1. The maximum absolute atomic E-state index is 12.6. The van der Waals surface area contributed by atoms with Gasteiger partial charge in [0, 0.05) is 37.8 Å². The normalized spacial score (nSPS) is 14.4. The zero-order valence-electron chi connectivity index (χ0n) is 18.1. The smallest absolute Gasteiger partial charge is 0.229 e. The van der Waals surface area contributed by atoms with E-state index in [-0.39, 0.29) is 5.91 Å². The van der Waals surface area contributed by atoms with Crippen molar-refractivity contribution in [2.75, 3.05) is 38.0 Å². The number of carbonyl (C=O) groups is 1. The highest BCUT2D eigenvalue weighted by molar-refractivity contribution is 7.14. The number of aromatic nitrogens is 1. The number of hydrogen-bond acceptors (Lipinski definition) is 5. The molecule has 4 rings (SSSR count). The van der Waals surface area contributed by atoms with Gasteiger partial charge in [-0.25, -0.2) is 4.98 Å². The number of rotatable bonds is 9. The molecule has 32 heavy (non-hydrogen) atoms. The highest BCUT2D eigenvalue weighted by Gasteiger charge is 2.10. The van der Waals surface area contributed by atoms with Crippen LogP contribution in [0.4, 0.5) is 5.00 Å². The van der Waals surface area contributed by atoms with E-state index in [2.05, 4.69) is 38.7 Å². The molecule has 3 aromatic rings. The molecule has 0 atom stereocenters.